The summed E-state index contributed by atoms with van der Waals surface area (Å²) < 4.78 is 26.9. The maximum absolute atomic E-state index is 15.5. The van der Waals surface area contributed by atoms with Gasteiger partial charge >= 0.3 is 12.2 Å². The molecule has 49 heavy (non-hydrogen) atoms. The molecule has 0 radical (unpaired) electrons. The van der Waals surface area contributed by atoms with E-state index in [4.69, 9.17) is 14.5 Å². The van der Waals surface area contributed by atoms with Gasteiger partial charge in [-0.3, -0.25) is 14.8 Å². The van der Waals surface area contributed by atoms with Gasteiger partial charge in [0, 0.05) is 47.1 Å². The van der Waals surface area contributed by atoms with Gasteiger partial charge in [0.05, 0.1) is 23.1 Å². The number of aromatic amines is 1. The zero-order valence-electron chi connectivity index (χ0n) is 28.8. The maximum Gasteiger partial charge on any atom is 0.411 e. The van der Waals surface area contributed by atoms with Crippen molar-refractivity contribution >= 4 is 34.5 Å². The van der Waals surface area contributed by atoms with E-state index in [-0.39, 0.29) is 42.2 Å². The molecule has 4 fully saturated rings. The van der Waals surface area contributed by atoms with Crippen molar-refractivity contribution in [2.75, 3.05) is 0 Å². The van der Waals surface area contributed by atoms with E-state index in [9.17, 15) is 9.59 Å². The van der Waals surface area contributed by atoms with E-state index < -0.39 is 11.2 Å². The van der Waals surface area contributed by atoms with E-state index in [1.54, 1.807) is 12.3 Å². The van der Waals surface area contributed by atoms with Gasteiger partial charge in [-0.15, -0.1) is 0 Å². The summed E-state index contributed by atoms with van der Waals surface area (Å²) in [5.41, 5.74) is 4.01. The molecule has 2 saturated heterocycles. The Morgan fingerprint density at radius 1 is 0.837 bits per heavy atom. The minimum absolute atomic E-state index is 0.114. The third kappa shape index (κ3) is 6.20. The van der Waals surface area contributed by atoms with Crippen LogP contribution in [0.4, 0.5) is 14.0 Å². The fourth-order valence-corrected chi connectivity index (χ4v) is 7.69. The van der Waals surface area contributed by atoms with E-state index in [1.165, 1.54) is 6.07 Å². The monoisotopic (exact) mass is 663 g/mol. The lowest BCUT2D eigenvalue weighted by molar-refractivity contribution is 0.0173. The van der Waals surface area contributed by atoms with E-state index in [0.29, 0.717) is 29.4 Å². The third-order valence-electron chi connectivity index (χ3n) is 10.0. The van der Waals surface area contributed by atoms with Crippen LogP contribution < -0.4 is 0 Å². The molecule has 9 nitrogen and oxygen atoms in total. The normalized spacial score (nSPS) is 26.8. The van der Waals surface area contributed by atoms with Gasteiger partial charge in [-0.05, 0) is 115 Å². The number of imidazole rings is 1. The Bertz CT molecular complexity index is 2010. The van der Waals surface area contributed by atoms with E-state index in [0.717, 1.165) is 59.4 Å². The molecule has 2 aromatic carbocycles. The largest absolute Gasteiger partial charge is 0.444 e. The number of hydrogen-bond acceptors (Lipinski definition) is 6. The van der Waals surface area contributed by atoms with Crippen LogP contribution in [0.3, 0.4) is 0 Å². The predicted molar refractivity (Wildman–Crippen MR) is 184 cm³/mol. The van der Waals surface area contributed by atoms with Crippen LogP contribution in [0.25, 0.3) is 16.6 Å². The number of benzene rings is 2. The number of ether oxygens (including phenoxy) is 2. The molecule has 254 valence electrons. The molecular formula is C39H42FN5O4. The van der Waals surface area contributed by atoms with Crippen molar-refractivity contribution in [3.8, 4) is 11.8 Å². The molecule has 0 unspecified atom stereocenters. The van der Waals surface area contributed by atoms with Crippen LogP contribution in [-0.2, 0) is 9.47 Å². The quantitative estimate of drug-likeness (QED) is 0.289. The molecule has 3 aliphatic heterocycles. The topological polar surface area (TPSA) is 100 Å². The predicted octanol–water partition coefficient (Wildman–Crippen LogP) is 7.76. The summed E-state index contributed by atoms with van der Waals surface area (Å²) in [4.78, 5) is 42.7. The molecule has 3 aromatic rings. The van der Waals surface area contributed by atoms with Gasteiger partial charge < -0.3 is 14.5 Å². The van der Waals surface area contributed by atoms with Crippen molar-refractivity contribution in [1.82, 2.24) is 19.8 Å². The van der Waals surface area contributed by atoms with Gasteiger partial charge in [-0.1, -0.05) is 17.9 Å². The van der Waals surface area contributed by atoms with Crippen LogP contribution in [0, 0.1) is 29.5 Å². The lowest BCUT2D eigenvalue weighted by Gasteiger charge is -2.30. The van der Waals surface area contributed by atoms with Crippen molar-refractivity contribution in [1.29, 1.82) is 0 Å². The number of hydrogen-bond donors (Lipinski definition) is 1. The summed E-state index contributed by atoms with van der Waals surface area (Å²) in [6.07, 6.45) is 5.40. The minimum atomic E-state index is -0.568. The highest BCUT2D eigenvalue weighted by Crippen LogP contribution is 2.53. The van der Waals surface area contributed by atoms with Crippen LogP contribution in [0.1, 0.15) is 102 Å². The fraction of sp³-hybridized carbons (Fsp3) is 0.487. The second-order valence-electron chi connectivity index (χ2n) is 16.2. The van der Waals surface area contributed by atoms with Crippen molar-refractivity contribution in [3.63, 3.8) is 0 Å². The molecule has 10 heteroatoms. The second kappa shape index (κ2) is 11.2. The van der Waals surface area contributed by atoms with Crippen molar-refractivity contribution in [2.24, 2.45) is 16.8 Å². The van der Waals surface area contributed by atoms with Crippen molar-refractivity contribution < 1.29 is 23.5 Å². The Morgan fingerprint density at radius 3 is 2.06 bits per heavy atom. The number of halogens is 1. The van der Waals surface area contributed by atoms with Crippen LogP contribution in [0.2, 0.25) is 0 Å². The van der Waals surface area contributed by atoms with Crippen LogP contribution in [0.5, 0.6) is 0 Å². The molecule has 2 saturated carbocycles. The second-order valence-corrected chi connectivity index (χ2v) is 16.2. The minimum Gasteiger partial charge on any atom is -0.444 e. The number of piperidine rings is 2. The molecule has 2 amide bonds. The highest BCUT2D eigenvalue weighted by Gasteiger charge is 2.57. The summed E-state index contributed by atoms with van der Waals surface area (Å²) in [5.74, 6) is 7.64. The Morgan fingerprint density at radius 2 is 1.43 bits per heavy atom. The average Bonchev–Trinajstić information content (AvgIpc) is 3.64. The number of nitrogens with one attached hydrogen (secondary N) is 1. The Labute approximate surface area is 285 Å². The SMILES string of the molecule is CC(C)(C)OC(=O)N1[C@@H]2C[C@@H]2C[C@H]1C1=NC=C(c2ccc(C#Cc3ccc4nc([C@@H]5C[C@H]6C[C@H]6N5C(=O)OC(C)(C)C)[nH]c4c3)cc2F)C1. The standard InChI is InChI=1S/C39H42FN5O4/c1-38(2,3)48-36(46)44-31-16-23(31)18-33(44)30-15-25(20-41-30)26-11-9-21(13-27(26)40)7-8-22-10-12-28-29(14-22)43-35(42-28)34-19-24-17-32(24)45(34)37(47)49-39(4,5)6/h9-14,20,23-24,31-34H,15-19H2,1-6H3,(H,42,43)/t23-,24-,31-,32-,33+,34+/m1/s1. The number of allylic oxidation sites excluding steroid dienone is 1. The molecule has 6 atom stereocenters. The van der Waals surface area contributed by atoms with E-state index in [1.807, 2.05) is 75.6 Å². The van der Waals surface area contributed by atoms with Gasteiger partial charge in [-0.25, -0.2) is 19.0 Å². The fourth-order valence-electron chi connectivity index (χ4n) is 7.69. The first-order valence-corrected chi connectivity index (χ1v) is 17.3. The summed E-state index contributed by atoms with van der Waals surface area (Å²) in [6, 6.07) is 11.0. The summed E-state index contributed by atoms with van der Waals surface area (Å²) in [5, 5.41) is 0. The maximum atomic E-state index is 15.5. The lowest BCUT2D eigenvalue weighted by Crippen LogP contribution is -2.45. The van der Waals surface area contributed by atoms with Crippen molar-refractivity contribution in [2.45, 2.75) is 109 Å². The Hall–Kier alpha value is -4.65. The van der Waals surface area contributed by atoms with Gasteiger partial charge in [0.15, 0.2) is 0 Å². The number of carbonyl (C=O) groups excluding carboxylic acids is 2. The molecule has 4 heterocycles. The number of aromatic nitrogens is 2. The average molecular weight is 664 g/mol. The molecule has 1 aromatic heterocycles. The van der Waals surface area contributed by atoms with Crippen LogP contribution >= 0.6 is 0 Å². The molecule has 8 rings (SSSR count). The smallest absolute Gasteiger partial charge is 0.411 e. The van der Waals surface area contributed by atoms with Gasteiger partial charge in [0.1, 0.15) is 22.8 Å². The van der Waals surface area contributed by atoms with E-state index in [2.05, 4.69) is 21.8 Å². The molecule has 2 aliphatic carbocycles. The number of carbonyl (C=O) groups is 2. The van der Waals surface area contributed by atoms with Crippen molar-refractivity contribution in [3.05, 3.63) is 70.9 Å². The van der Waals surface area contributed by atoms with E-state index >= 15 is 4.39 Å². The number of aliphatic imine (C=N–C) groups is 1. The first kappa shape index (κ1) is 31.6. The highest BCUT2D eigenvalue weighted by molar-refractivity contribution is 6.03. The zero-order chi connectivity index (χ0) is 34.4. The molecular weight excluding hydrogens is 621 g/mol. The number of amides is 2. The van der Waals surface area contributed by atoms with Gasteiger partial charge in [0.2, 0.25) is 0 Å². The lowest BCUT2D eigenvalue weighted by atomic mass is 9.96. The highest BCUT2D eigenvalue weighted by atomic mass is 19.1. The van der Waals surface area contributed by atoms with Gasteiger partial charge in [0.25, 0.3) is 0 Å². The van der Waals surface area contributed by atoms with Crippen LogP contribution in [-0.4, -0.2) is 67.0 Å². The zero-order valence-corrected chi connectivity index (χ0v) is 28.8. The third-order valence-corrected chi connectivity index (χ3v) is 10.0. The number of nitrogens with zero attached hydrogens (tertiary/aromatic N) is 4. The first-order valence-electron chi connectivity index (χ1n) is 17.3. The molecule has 1 N–H and O–H groups in total. The molecule has 0 bridgehead atoms. The number of rotatable bonds is 3. The van der Waals surface area contributed by atoms with Gasteiger partial charge in [-0.2, -0.15) is 0 Å². The summed E-state index contributed by atoms with van der Waals surface area (Å²) >= 11 is 0. The van der Waals surface area contributed by atoms with Crippen LogP contribution in [0.15, 0.2) is 47.6 Å². The summed E-state index contributed by atoms with van der Waals surface area (Å²) in [6.45, 7) is 11.3. The number of likely N-dealkylation sites (tertiary alicyclic amines) is 2. The Balaban J connectivity index is 0.938. The Kier molecular flexibility index (Phi) is 7.22. The molecule has 5 aliphatic rings. The molecule has 0 spiro atoms. The number of fused-ring (bicyclic) bond motifs is 3. The summed E-state index contributed by atoms with van der Waals surface area (Å²) in [7, 11) is 0. The number of H-pyrrole nitrogens is 1. The first-order chi connectivity index (χ1) is 23.2.